The van der Waals surface area contributed by atoms with Crippen molar-refractivity contribution in [3.63, 3.8) is 0 Å². The van der Waals surface area contributed by atoms with Crippen LogP contribution >= 0.6 is 11.3 Å². The van der Waals surface area contributed by atoms with Gasteiger partial charge < -0.3 is 10.4 Å². The number of aryl methyl sites for hydroxylation is 2. The highest BCUT2D eigenvalue weighted by molar-refractivity contribution is 7.18. The number of aromatic nitrogens is 1. The van der Waals surface area contributed by atoms with Crippen LogP contribution in [0.2, 0.25) is 0 Å². The number of hydrogen-bond donors (Lipinski definition) is 1. The van der Waals surface area contributed by atoms with Gasteiger partial charge in [0.05, 0.1) is 17.8 Å². The minimum Gasteiger partial charge on any atom is -0.841 e. The standard InChI is InChI=1S/C29H26FN3O2S/c1-17-13-14-23(18(2)15-17)31-27(34)24-19(3)32(4)29-33(25(24)21-11-8-12-22(30)16-21)28(35)26(36-29)20-9-6-5-7-10-20/h5-16,25H,1-4H3,(H-,31,34,35). The third kappa shape index (κ3) is 4.05. The third-order valence-corrected chi connectivity index (χ3v) is 7.87. The average molecular weight is 500 g/mol. The molecule has 2 heterocycles. The number of fused-ring (bicyclic) bond motifs is 1. The number of rotatable bonds is 4. The van der Waals surface area contributed by atoms with Crippen molar-refractivity contribution in [3.05, 3.63) is 107 Å². The van der Waals surface area contributed by atoms with Gasteiger partial charge in [-0.05, 0) is 61.4 Å². The summed E-state index contributed by atoms with van der Waals surface area (Å²) in [7, 11) is 1.85. The van der Waals surface area contributed by atoms with Gasteiger partial charge in [0.1, 0.15) is 17.1 Å². The van der Waals surface area contributed by atoms with Gasteiger partial charge in [0.15, 0.2) is 6.04 Å². The second-order valence-electron chi connectivity index (χ2n) is 9.04. The molecule has 3 aromatic carbocycles. The zero-order valence-corrected chi connectivity index (χ0v) is 21.3. The van der Waals surface area contributed by atoms with Crippen LogP contribution in [-0.2, 0) is 4.79 Å². The topological polar surface area (TPSA) is 59.3 Å². The summed E-state index contributed by atoms with van der Waals surface area (Å²) < 4.78 is 16.0. The van der Waals surface area contributed by atoms with Gasteiger partial charge in [-0.3, -0.25) is 4.79 Å². The van der Waals surface area contributed by atoms with Gasteiger partial charge in [-0.1, -0.05) is 60.2 Å². The van der Waals surface area contributed by atoms with Crippen molar-refractivity contribution in [2.45, 2.75) is 26.8 Å². The predicted molar refractivity (Wildman–Crippen MR) is 140 cm³/mol. The van der Waals surface area contributed by atoms with E-state index in [1.165, 1.54) is 23.5 Å². The Labute approximate surface area is 213 Å². The smallest absolute Gasteiger partial charge is 0.341 e. The lowest BCUT2D eigenvalue weighted by Crippen LogP contribution is -2.52. The van der Waals surface area contributed by atoms with Crippen LogP contribution in [-0.4, -0.2) is 13.0 Å². The molecule has 1 aliphatic rings. The van der Waals surface area contributed by atoms with Crippen LogP contribution in [0.3, 0.4) is 0 Å². The fraction of sp³-hybridized carbons (Fsp3) is 0.172. The third-order valence-electron chi connectivity index (χ3n) is 6.60. The molecular formula is C29H26FN3O2S. The molecule has 1 unspecified atom stereocenters. The first-order valence-electron chi connectivity index (χ1n) is 11.7. The van der Waals surface area contributed by atoms with Crippen molar-refractivity contribution in [1.29, 1.82) is 0 Å². The molecule has 0 fully saturated rings. The number of amides is 1. The lowest BCUT2D eigenvalue weighted by molar-refractivity contribution is -0.728. The molecule has 36 heavy (non-hydrogen) atoms. The Bertz CT molecular complexity index is 1510. The molecular weight excluding hydrogens is 473 g/mol. The lowest BCUT2D eigenvalue weighted by atomic mass is 9.93. The van der Waals surface area contributed by atoms with E-state index in [9.17, 15) is 14.3 Å². The molecule has 1 atom stereocenters. The van der Waals surface area contributed by atoms with E-state index >= 15 is 0 Å². The van der Waals surface area contributed by atoms with Gasteiger partial charge >= 0.3 is 5.13 Å². The van der Waals surface area contributed by atoms with Crippen LogP contribution in [0.4, 0.5) is 15.2 Å². The van der Waals surface area contributed by atoms with Crippen LogP contribution < -0.4 is 19.9 Å². The monoisotopic (exact) mass is 499 g/mol. The second-order valence-corrected chi connectivity index (χ2v) is 10.0. The highest BCUT2D eigenvalue weighted by Crippen LogP contribution is 2.43. The Hall–Kier alpha value is -3.97. The lowest BCUT2D eigenvalue weighted by Gasteiger charge is -2.30. The zero-order valence-electron chi connectivity index (χ0n) is 20.5. The quantitative estimate of drug-likeness (QED) is 0.378. The molecule has 0 saturated heterocycles. The SMILES string of the molecule is CC1=C(C(=O)Nc2ccc(C)cc2C)C(c2cccc(F)c2)[n+]2c(sc(-c3ccccc3)c2[O-])N1C. The number of anilines is 2. The maximum absolute atomic E-state index is 14.4. The first-order chi connectivity index (χ1) is 17.3. The predicted octanol–water partition coefficient (Wildman–Crippen LogP) is 5.48. The fourth-order valence-electron chi connectivity index (χ4n) is 4.69. The summed E-state index contributed by atoms with van der Waals surface area (Å²) in [5, 5.41) is 17.6. The molecule has 182 valence electrons. The number of benzene rings is 3. The van der Waals surface area contributed by atoms with Crippen molar-refractivity contribution in [3.8, 4) is 16.3 Å². The van der Waals surface area contributed by atoms with Gasteiger partial charge in [0.2, 0.25) is 0 Å². The highest BCUT2D eigenvalue weighted by atomic mass is 32.1. The van der Waals surface area contributed by atoms with Crippen molar-refractivity contribution >= 4 is 28.1 Å². The maximum atomic E-state index is 14.4. The van der Waals surface area contributed by atoms with Crippen LogP contribution in [0.1, 0.15) is 29.7 Å². The normalized spacial score (nSPS) is 15.1. The Morgan fingerprint density at radius 3 is 2.47 bits per heavy atom. The number of nitrogens with zero attached hydrogens (tertiary/aromatic N) is 2. The number of hydrogen-bond acceptors (Lipinski definition) is 4. The second kappa shape index (κ2) is 9.24. The molecule has 0 aliphatic carbocycles. The number of carbonyl (C=O) groups is 1. The summed E-state index contributed by atoms with van der Waals surface area (Å²) in [6, 6.07) is 20.6. The molecule has 0 spiro atoms. The average Bonchev–Trinajstić information content (AvgIpc) is 3.20. The number of carbonyl (C=O) groups excluding carboxylic acids is 1. The minimum atomic E-state index is -0.779. The molecule has 1 amide bonds. The number of allylic oxidation sites excluding steroid dienone is 1. The summed E-state index contributed by atoms with van der Waals surface area (Å²) in [6.45, 7) is 5.80. The van der Waals surface area contributed by atoms with Crippen LogP contribution in [0, 0.1) is 19.7 Å². The largest absolute Gasteiger partial charge is 0.841 e. The molecule has 1 aromatic heterocycles. The summed E-state index contributed by atoms with van der Waals surface area (Å²) >= 11 is 1.37. The van der Waals surface area contributed by atoms with Gasteiger partial charge in [-0.15, -0.1) is 0 Å². The summed E-state index contributed by atoms with van der Waals surface area (Å²) in [4.78, 5) is 16.3. The molecule has 5 rings (SSSR count). The number of halogens is 1. The summed E-state index contributed by atoms with van der Waals surface area (Å²) in [6.07, 6.45) is 0. The van der Waals surface area contributed by atoms with Crippen molar-refractivity contribution in [1.82, 2.24) is 0 Å². The zero-order chi connectivity index (χ0) is 25.6. The number of thiazole rings is 1. The maximum Gasteiger partial charge on any atom is 0.341 e. The Balaban J connectivity index is 1.69. The van der Waals surface area contributed by atoms with E-state index in [-0.39, 0.29) is 11.8 Å². The Morgan fingerprint density at radius 2 is 1.78 bits per heavy atom. The van der Waals surface area contributed by atoms with Crippen LogP contribution in [0.15, 0.2) is 84.1 Å². The molecule has 0 saturated carbocycles. The Morgan fingerprint density at radius 1 is 1.03 bits per heavy atom. The molecule has 1 aliphatic heterocycles. The van der Waals surface area contributed by atoms with E-state index in [0.717, 1.165) is 16.7 Å². The summed E-state index contributed by atoms with van der Waals surface area (Å²) in [5.41, 5.74) is 5.17. The van der Waals surface area contributed by atoms with E-state index in [4.69, 9.17) is 0 Å². The highest BCUT2D eigenvalue weighted by Gasteiger charge is 2.43. The molecule has 7 heteroatoms. The van der Waals surface area contributed by atoms with E-state index < -0.39 is 11.9 Å². The van der Waals surface area contributed by atoms with Crippen LogP contribution in [0.25, 0.3) is 10.4 Å². The molecule has 4 aromatic rings. The van der Waals surface area contributed by atoms with Gasteiger partial charge in [0.25, 0.3) is 5.91 Å². The van der Waals surface area contributed by atoms with Gasteiger partial charge in [0, 0.05) is 11.3 Å². The first kappa shape index (κ1) is 23.8. The van der Waals surface area contributed by atoms with E-state index in [1.807, 2.05) is 81.2 Å². The van der Waals surface area contributed by atoms with E-state index in [0.29, 0.717) is 32.5 Å². The van der Waals surface area contributed by atoms with Gasteiger partial charge in [-0.2, -0.15) is 0 Å². The molecule has 0 bridgehead atoms. The summed E-state index contributed by atoms with van der Waals surface area (Å²) in [5.74, 6) is -0.969. The van der Waals surface area contributed by atoms with Crippen LogP contribution in [0.5, 0.6) is 5.88 Å². The first-order valence-corrected chi connectivity index (χ1v) is 12.5. The van der Waals surface area contributed by atoms with E-state index in [1.54, 1.807) is 16.7 Å². The molecule has 5 nitrogen and oxygen atoms in total. The van der Waals surface area contributed by atoms with E-state index in [2.05, 4.69) is 5.32 Å². The minimum absolute atomic E-state index is 0.216. The van der Waals surface area contributed by atoms with Gasteiger partial charge in [-0.25, -0.2) is 13.9 Å². The molecule has 0 radical (unpaired) electrons. The Kier molecular flexibility index (Phi) is 6.10. The fourth-order valence-corrected chi connectivity index (χ4v) is 5.87. The van der Waals surface area contributed by atoms with Crippen molar-refractivity contribution < 1.29 is 18.9 Å². The van der Waals surface area contributed by atoms with Crippen molar-refractivity contribution in [2.75, 3.05) is 17.3 Å². The molecule has 1 N–H and O–H groups in total. The van der Waals surface area contributed by atoms with Crippen molar-refractivity contribution in [2.24, 2.45) is 0 Å². The number of nitrogens with one attached hydrogen (secondary N) is 1.